The smallest absolute Gasteiger partial charge is 0.181 e. The normalized spacial score (nSPS) is 10.6. The van der Waals surface area contributed by atoms with Crippen LogP contribution >= 0.6 is 0 Å². The van der Waals surface area contributed by atoms with Gasteiger partial charge in [0, 0.05) is 11.3 Å². The molecule has 16 heavy (non-hydrogen) atoms. The molecule has 0 fully saturated rings. The maximum absolute atomic E-state index is 5.80. The molecular formula is C13H16N2O. The second kappa shape index (κ2) is 4.84. The molecule has 0 amide bonds. The molecule has 0 saturated carbocycles. The third kappa shape index (κ3) is 2.24. The lowest BCUT2D eigenvalue weighted by molar-refractivity contribution is 0.571. The number of anilines is 1. The number of nitrogens with two attached hydrogens (primary N) is 1. The molecule has 1 aromatic carbocycles. The van der Waals surface area contributed by atoms with Gasteiger partial charge in [-0.05, 0) is 30.5 Å². The lowest BCUT2D eigenvalue weighted by Gasteiger charge is -2.07. The summed E-state index contributed by atoms with van der Waals surface area (Å²) in [5.41, 5.74) is 8.89. The van der Waals surface area contributed by atoms with E-state index in [1.807, 2.05) is 12.1 Å². The molecule has 3 nitrogen and oxygen atoms in total. The minimum Gasteiger partial charge on any atom is -0.444 e. The second-order valence-corrected chi connectivity index (χ2v) is 3.89. The van der Waals surface area contributed by atoms with Crippen molar-refractivity contribution >= 4 is 5.69 Å². The highest BCUT2D eigenvalue weighted by molar-refractivity contribution is 5.66. The molecule has 0 aliphatic carbocycles. The number of nitrogens with zero attached hydrogens (tertiary/aromatic N) is 1. The Balaban J connectivity index is 2.37. The fourth-order valence-electron chi connectivity index (χ4n) is 1.76. The van der Waals surface area contributed by atoms with E-state index in [9.17, 15) is 0 Å². The molecule has 0 radical (unpaired) electrons. The minimum atomic E-state index is 0.756. The Bertz CT molecular complexity index is 449. The molecule has 3 heteroatoms. The number of hydrogen-bond acceptors (Lipinski definition) is 3. The van der Waals surface area contributed by atoms with Crippen LogP contribution in [0.1, 0.15) is 25.3 Å². The third-order valence-corrected chi connectivity index (χ3v) is 2.63. The predicted molar refractivity (Wildman–Crippen MR) is 65.0 cm³/mol. The lowest BCUT2D eigenvalue weighted by atomic mass is 10.00. The van der Waals surface area contributed by atoms with Crippen LogP contribution in [0.3, 0.4) is 0 Å². The first-order chi connectivity index (χ1) is 7.81. The van der Waals surface area contributed by atoms with Crippen LogP contribution in [0, 0.1) is 0 Å². The van der Waals surface area contributed by atoms with Crippen LogP contribution in [0.2, 0.25) is 0 Å². The molecule has 1 heterocycles. The van der Waals surface area contributed by atoms with Gasteiger partial charge in [-0.3, -0.25) is 0 Å². The van der Waals surface area contributed by atoms with Gasteiger partial charge < -0.3 is 10.2 Å². The first kappa shape index (κ1) is 10.7. The molecule has 84 valence electrons. The number of unbranched alkanes of at least 4 members (excludes halogenated alkanes) is 1. The number of benzene rings is 1. The van der Waals surface area contributed by atoms with Gasteiger partial charge in [-0.15, -0.1) is 0 Å². The van der Waals surface area contributed by atoms with E-state index in [4.69, 9.17) is 10.2 Å². The summed E-state index contributed by atoms with van der Waals surface area (Å²) in [5, 5.41) is 0. The molecule has 0 unspecified atom stereocenters. The van der Waals surface area contributed by atoms with Crippen molar-refractivity contribution in [3.05, 3.63) is 36.4 Å². The summed E-state index contributed by atoms with van der Waals surface area (Å²) in [6.07, 6.45) is 6.57. The van der Waals surface area contributed by atoms with Gasteiger partial charge in [0.25, 0.3) is 0 Å². The van der Waals surface area contributed by atoms with Crippen LogP contribution in [-0.4, -0.2) is 4.98 Å². The summed E-state index contributed by atoms with van der Waals surface area (Å²) < 4.78 is 5.33. The summed E-state index contributed by atoms with van der Waals surface area (Å²) in [4.78, 5) is 3.94. The van der Waals surface area contributed by atoms with Crippen LogP contribution in [-0.2, 0) is 6.42 Å². The van der Waals surface area contributed by atoms with E-state index in [1.54, 1.807) is 6.20 Å². The van der Waals surface area contributed by atoms with Crippen molar-refractivity contribution in [1.82, 2.24) is 4.98 Å². The minimum absolute atomic E-state index is 0.756. The first-order valence-corrected chi connectivity index (χ1v) is 5.58. The van der Waals surface area contributed by atoms with Crippen LogP contribution in [0.4, 0.5) is 5.69 Å². The topological polar surface area (TPSA) is 52.0 Å². The summed E-state index contributed by atoms with van der Waals surface area (Å²) >= 11 is 0. The van der Waals surface area contributed by atoms with E-state index in [2.05, 4.69) is 18.0 Å². The molecule has 0 saturated heterocycles. The van der Waals surface area contributed by atoms with E-state index in [0.717, 1.165) is 23.4 Å². The van der Waals surface area contributed by atoms with E-state index < -0.39 is 0 Å². The molecule has 0 spiro atoms. The monoisotopic (exact) mass is 216 g/mol. The molecule has 2 rings (SSSR count). The van der Waals surface area contributed by atoms with Crippen molar-refractivity contribution in [2.24, 2.45) is 0 Å². The Hall–Kier alpha value is -1.77. The largest absolute Gasteiger partial charge is 0.444 e. The number of aryl methyl sites for hydroxylation is 1. The summed E-state index contributed by atoms with van der Waals surface area (Å²) in [6, 6.07) is 5.96. The number of oxazole rings is 1. The fourth-order valence-corrected chi connectivity index (χ4v) is 1.76. The van der Waals surface area contributed by atoms with Gasteiger partial charge >= 0.3 is 0 Å². The Morgan fingerprint density at radius 1 is 1.38 bits per heavy atom. The van der Waals surface area contributed by atoms with E-state index in [-0.39, 0.29) is 0 Å². The first-order valence-electron chi connectivity index (χ1n) is 5.58. The zero-order valence-corrected chi connectivity index (χ0v) is 9.44. The predicted octanol–water partition coefficient (Wildman–Crippen LogP) is 3.27. The van der Waals surface area contributed by atoms with Gasteiger partial charge in [-0.25, -0.2) is 4.98 Å². The summed E-state index contributed by atoms with van der Waals surface area (Å²) in [5.74, 6) is 0.790. The van der Waals surface area contributed by atoms with Gasteiger partial charge in [-0.2, -0.15) is 0 Å². The van der Waals surface area contributed by atoms with Gasteiger partial charge in [-0.1, -0.05) is 19.4 Å². The molecule has 0 aliphatic heterocycles. The Morgan fingerprint density at radius 2 is 2.25 bits per heavy atom. The standard InChI is InChI=1S/C13H16N2O/c1-2-3-4-10-5-6-11(14)7-12(10)13-8-15-9-16-13/h5-9H,2-4,14H2,1H3. The van der Waals surface area contributed by atoms with Crippen molar-refractivity contribution in [1.29, 1.82) is 0 Å². The average molecular weight is 216 g/mol. The SMILES string of the molecule is CCCCc1ccc(N)cc1-c1cnco1. The number of rotatable bonds is 4. The van der Waals surface area contributed by atoms with Gasteiger partial charge in [0.15, 0.2) is 12.2 Å². The van der Waals surface area contributed by atoms with E-state index >= 15 is 0 Å². The van der Waals surface area contributed by atoms with Crippen LogP contribution < -0.4 is 5.73 Å². The molecule has 2 aromatic rings. The quantitative estimate of drug-likeness (QED) is 0.798. The highest BCUT2D eigenvalue weighted by Gasteiger charge is 2.08. The second-order valence-electron chi connectivity index (χ2n) is 3.89. The molecular weight excluding hydrogens is 200 g/mol. The highest BCUT2D eigenvalue weighted by atomic mass is 16.3. The molecule has 1 aromatic heterocycles. The van der Waals surface area contributed by atoms with Crippen molar-refractivity contribution in [3.8, 4) is 11.3 Å². The van der Waals surface area contributed by atoms with E-state index in [0.29, 0.717) is 0 Å². The van der Waals surface area contributed by atoms with Crippen LogP contribution in [0.5, 0.6) is 0 Å². The zero-order chi connectivity index (χ0) is 11.4. The average Bonchev–Trinajstić information content (AvgIpc) is 2.80. The number of aromatic nitrogens is 1. The Labute approximate surface area is 95.3 Å². The summed E-state index contributed by atoms with van der Waals surface area (Å²) in [7, 11) is 0. The number of hydrogen-bond donors (Lipinski definition) is 1. The van der Waals surface area contributed by atoms with Crippen LogP contribution in [0.15, 0.2) is 35.2 Å². The Kier molecular flexibility index (Phi) is 3.25. The van der Waals surface area contributed by atoms with Crippen molar-refractivity contribution in [3.63, 3.8) is 0 Å². The zero-order valence-electron chi connectivity index (χ0n) is 9.44. The van der Waals surface area contributed by atoms with Crippen LogP contribution in [0.25, 0.3) is 11.3 Å². The van der Waals surface area contributed by atoms with Gasteiger partial charge in [0.2, 0.25) is 0 Å². The molecule has 0 aliphatic rings. The van der Waals surface area contributed by atoms with Crippen molar-refractivity contribution in [2.45, 2.75) is 26.2 Å². The highest BCUT2D eigenvalue weighted by Crippen LogP contribution is 2.26. The Morgan fingerprint density at radius 3 is 2.94 bits per heavy atom. The van der Waals surface area contributed by atoms with Crippen molar-refractivity contribution < 1.29 is 4.42 Å². The third-order valence-electron chi connectivity index (χ3n) is 2.63. The van der Waals surface area contributed by atoms with Crippen molar-refractivity contribution in [2.75, 3.05) is 5.73 Å². The molecule has 0 atom stereocenters. The molecule has 0 bridgehead atoms. The maximum Gasteiger partial charge on any atom is 0.181 e. The number of nitrogen functional groups attached to an aromatic ring is 1. The maximum atomic E-state index is 5.80. The summed E-state index contributed by atoms with van der Waals surface area (Å²) in [6.45, 7) is 2.19. The molecule has 2 N–H and O–H groups in total. The fraction of sp³-hybridized carbons (Fsp3) is 0.308. The van der Waals surface area contributed by atoms with Gasteiger partial charge in [0.1, 0.15) is 0 Å². The van der Waals surface area contributed by atoms with E-state index in [1.165, 1.54) is 24.8 Å². The lowest BCUT2D eigenvalue weighted by Crippen LogP contribution is -1.92. The van der Waals surface area contributed by atoms with Gasteiger partial charge in [0.05, 0.1) is 6.20 Å².